The predicted molar refractivity (Wildman–Crippen MR) is 70.3 cm³/mol. The molecule has 0 saturated heterocycles. The third-order valence-corrected chi connectivity index (χ3v) is 3.63. The average Bonchev–Trinajstić information content (AvgIpc) is 2.71. The monoisotopic (exact) mass is 307 g/mol. The Morgan fingerprint density at radius 3 is 2.76 bits per heavy atom. The minimum Gasteiger partial charge on any atom is -0.267 e. The van der Waals surface area contributed by atoms with E-state index in [-0.39, 0.29) is 5.56 Å². The van der Waals surface area contributed by atoms with Crippen molar-refractivity contribution in [1.82, 2.24) is 14.6 Å². The Bertz CT molecular complexity index is 735. The fraction of sp³-hybridized carbons (Fsp3) is 0. The van der Waals surface area contributed by atoms with E-state index in [4.69, 9.17) is 0 Å². The first-order valence-electron chi connectivity index (χ1n) is 4.86. The van der Waals surface area contributed by atoms with E-state index in [1.807, 2.05) is 30.3 Å². The van der Waals surface area contributed by atoms with Gasteiger partial charge in [-0.15, -0.1) is 5.10 Å². The Balaban J connectivity index is 2.29. The normalized spacial score (nSPS) is 10.9. The minimum atomic E-state index is -0.171. The van der Waals surface area contributed by atoms with Gasteiger partial charge in [-0.3, -0.25) is 4.79 Å². The standard InChI is InChI=1S/C11H6BrN3OS/c12-10-14-15-9(16)6-8(13-11(15)17-10)7-4-2-1-3-5-7/h1-6H. The van der Waals surface area contributed by atoms with Crippen LogP contribution in [0.4, 0.5) is 0 Å². The van der Waals surface area contributed by atoms with Gasteiger partial charge in [0.2, 0.25) is 4.96 Å². The van der Waals surface area contributed by atoms with Gasteiger partial charge in [0.05, 0.1) is 5.69 Å². The number of benzene rings is 1. The van der Waals surface area contributed by atoms with Gasteiger partial charge in [-0.2, -0.15) is 4.52 Å². The highest BCUT2D eigenvalue weighted by molar-refractivity contribution is 9.11. The van der Waals surface area contributed by atoms with Gasteiger partial charge in [0.1, 0.15) is 0 Å². The van der Waals surface area contributed by atoms with Crippen LogP contribution in [0.3, 0.4) is 0 Å². The van der Waals surface area contributed by atoms with E-state index in [2.05, 4.69) is 26.0 Å². The molecule has 2 heterocycles. The Morgan fingerprint density at radius 1 is 1.24 bits per heavy atom. The summed E-state index contributed by atoms with van der Waals surface area (Å²) in [4.78, 5) is 16.8. The summed E-state index contributed by atoms with van der Waals surface area (Å²) in [5, 5.41) is 4.02. The number of fused-ring (bicyclic) bond motifs is 1. The fourth-order valence-electron chi connectivity index (χ4n) is 1.54. The van der Waals surface area contributed by atoms with Crippen molar-refractivity contribution in [2.75, 3.05) is 0 Å². The van der Waals surface area contributed by atoms with Gasteiger partial charge >= 0.3 is 0 Å². The smallest absolute Gasteiger partial charge is 0.267 e. The molecule has 0 aliphatic heterocycles. The quantitative estimate of drug-likeness (QED) is 0.694. The second kappa shape index (κ2) is 4.05. The van der Waals surface area contributed by atoms with Gasteiger partial charge in [0, 0.05) is 11.6 Å². The molecular formula is C11H6BrN3OS. The largest absolute Gasteiger partial charge is 0.275 e. The Morgan fingerprint density at radius 2 is 2.00 bits per heavy atom. The molecule has 0 radical (unpaired) electrons. The Kier molecular flexibility index (Phi) is 2.53. The molecule has 84 valence electrons. The van der Waals surface area contributed by atoms with E-state index in [9.17, 15) is 4.79 Å². The predicted octanol–water partition coefficient (Wildman–Crippen LogP) is 2.58. The lowest BCUT2D eigenvalue weighted by atomic mass is 10.1. The molecule has 0 saturated carbocycles. The highest BCUT2D eigenvalue weighted by Crippen LogP contribution is 2.20. The van der Waals surface area contributed by atoms with Crippen molar-refractivity contribution < 1.29 is 0 Å². The molecule has 6 heteroatoms. The molecule has 0 amide bonds. The zero-order valence-corrected chi connectivity index (χ0v) is 10.9. The second-order valence-corrected chi connectivity index (χ2v) is 5.63. The van der Waals surface area contributed by atoms with E-state index < -0.39 is 0 Å². The molecule has 1 aromatic carbocycles. The van der Waals surface area contributed by atoms with Gasteiger partial charge in [-0.05, 0) is 15.9 Å². The highest BCUT2D eigenvalue weighted by Gasteiger charge is 2.08. The maximum absolute atomic E-state index is 11.8. The molecule has 0 fully saturated rings. The number of nitrogens with zero attached hydrogens (tertiary/aromatic N) is 3. The van der Waals surface area contributed by atoms with Gasteiger partial charge in [0.25, 0.3) is 5.56 Å². The molecule has 0 N–H and O–H groups in total. The maximum Gasteiger partial charge on any atom is 0.275 e. The SMILES string of the molecule is O=c1cc(-c2ccccc2)nc2sc(Br)nn12. The molecule has 0 unspecified atom stereocenters. The second-order valence-electron chi connectivity index (χ2n) is 3.40. The molecule has 17 heavy (non-hydrogen) atoms. The Hall–Kier alpha value is -1.53. The summed E-state index contributed by atoms with van der Waals surface area (Å²) in [7, 11) is 0. The van der Waals surface area contributed by atoms with Crippen molar-refractivity contribution in [2.45, 2.75) is 0 Å². The topological polar surface area (TPSA) is 47.3 Å². The van der Waals surface area contributed by atoms with Crippen molar-refractivity contribution in [1.29, 1.82) is 0 Å². The fourth-order valence-corrected chi connectivity index (χ4v) is 2.77. The molecule has 3 aromatic rings. The van der Waals surface area contributed by atoms with Crippen LogP contribution in [0.25, 0.3) is 16.2 Å². The molecule has 0 bridgehead atoms. The minimum absolute atomic E-state index is 0.171. The van der Waals surface area contributed by atoms with Crippen LogP contribution in [0.1, 0.15) is 0 Å². The first-order valence-corrected chi connectivity index (χ1v) is 6.47. The van der Waals surface area contributed by atoms with Gasteiger partial charge < -0.3 is 0 Å². The number of aromatic nitrogens is 3. The van der Waals surface area contributed by atoms with E-state index in [0.717, 1.165) is 5.56 Å². The molecule has 0 aliphatic rings. The molecular weight excluding hydrogens is 302 g/mol. The molecule has 4 nitrogen and oxygen atoms in total. The summed E-state index contributed by atoms with van der Waals surface area (Å²) in [6.07, 6.45) is 0. The van der Waals surface area contributed by atoms with Crippen LogP contribution >= 0.6 is 27.3 Å². The summed E-state index contributed by atoms with van der Waals surface area (Å²) < 4.78 is 1.94. The van der Waals surface area contributed by atoms with Crippen molar-refractivity contribution in [3.8, 4) is 11.3 Å². The van der Waals surface area contributed by atoms with E-state index >= 15 is 0 Å². The first kappa shape index (κ1) is 10.6. The van der Waals surface area contributed by atoms with Gasteiger partial charge in [-0.1, -0.05) is 41.7 Å². The van der Waals surface area contributed by atoms with Crippen LogP contribution in [0, 0.1) is 0 Å². The number of hydrogen-bond acceptors (Lipinski definition) is 4. The highest BCUT2D eigenvalue weighted by atomic mass is 79.9. The molecule has 0 aliphatic carbocycles. The molecule has 0 spiro atoms. The van der Waals surface area contributed by atoms with Gasteiger partial charge in [0.15, 0.2) is 3.92 Å². The maximum atomic E-state index is 11.8. The van der Waals surface area contributed by atoms with E-state index in [0.29, 0.717) is 14.6 Å². The zero-order chi connectivity index (χ0) is 11.8. The lowest BCUT2D eigenvalue weighted by molar-refractivity contribution is 0.891. The van der Waals surface area contributed by atoms with Crippen LogP contribution in [0.15, 0.2) is 45.1 Å². The number of rotatable bonds is 1. The average molecular weight is 308 g/mol. The molecule has 2 aromatic heterocycles. The zero-order valence-electron chi connectivity index (χ0n) is 8.50. The summed E-state index contributed by atoms with van der Waals surface area (Å²) in [5.41, 5.74) is 1.43. The van der Waals surface area contributed by atoms with Crippen LogP contribution in [-0.2, 0) is 0 Å². The third-order valence-electron chi connectivity index (χ3n) is 2.29. The summed E-state index contributed by atoms with van der Waals surface area (Å²) in [5.74, 6) is 0. The number of halogens is 1. The lowest BCUT2D eigenvalue weighted by Gasteiger charge is -1.99. The van der Waals surface area contributed by atoms with Crippen LogP contribution in [0.2, 0.25) is 0 Å². The van der Waals surface area contributed by atoms with Crippen LogP contribution in [0.5, 0.6) is 0 Å². The molecule has 0 atom stereocenters. The first-order chi connectivity index (χ1) is 8.24. The Labute approximate surface area is 109 Å². The van der Waals surface area contributed by atoms with Crippen LogP contribution in [-0.4, -0.2) is 14.6 Å². The summed E-state index contributed by atoms with van der Waals surface area (Å²) in [6.45, 7) is 0. The number of hydrogen-bond donors (Lipinski definition) is 0. The van der Waals surface area contributed by atoms with Gasteiger partial charge in [-0.25, -0.2) is 4.98 Å². The summed E-state index contributed by atoms with van der Waals surface area (Å²) in [6, 6.07) is 11.1. The van der Waals surface area contributed by atoms with E-state index in [1.165, 1.54) is 21.9 Å². The van der Waals surface area contributed by atoms with Crippen molar-refractivity contribution >= 4 is 32.2 Å². The van der Waals surface area contributed by atoms with Crippen molar-refractivity contribution in [2.24, 2.45) is 0 Å². The molecule has 3 rings (SSSR count). The lowest BCUT2D eigenvalue weighted by Crippen LogP contribution is -2.13. The van der Waals surface area contributed by atoms with E-state index in [1.54, 1.807) is 0 Å². The third kappa shape index (κ3) is 1.89. The van der Waals surface area contributed by atoms with Crippen molar-refractivity contribution in [3.05, 3.63) is 50.7 Å². The van der Waals surface area contributed by atoms with Crippen molar-refractivity contribution in [3.63, 3.8) is 0 Å². The summed E-state index contributed by atoms with van der Waals surface area (Å²) >= 11 is 4.58. The van der Waals surface area contributed by atoms with Crippen LogP contribution < -0.4 is 5.56 Å².